The normalized spacial score (nSPS) is 13.7. The number of aliphatic imine (C=N–C) groups is 1. The van der Waals surface area contributed by atoms with Gasteiger partial charge in [0.05, 0.1) is 18.8 Å². The molecule has 0 unspecified atom stereocenters. The van der Waals surface area contributed by atoms with E-state index in [4.69, 9.17) is 19.5 Å². The lowest BCUT2D eigenvalue weighted by atomic mass is 10.1. The van der Waals surface area contributed by atoms with E-state index in [9.17, 15) is 0 Å². The Bertz CT molecular complexity index is 840. The van der Waals surface area contributed by atoms with E-state index in [2.05, 4.69) is 53.0 Å². The third-order valence-corrected chi connectivity index (χ3v) is 6.06. The fourth-order valence-electron chi connectivity index (χ4n) is 3.44. The third kappa shape index (κ3) is 8.40. The van der Waals surface area contributed by atoms with Gasteiger partial charge in [0.2, 0.25) is 0 Å². The van der Waals surface area contributed by atoms with Crippen LogP contribution in [0.3, 0.4) is 0 Å². The second-order valence-corrected chi connectivity index (χ2v) is 8.48. The Labute approximate surface area is 213 Å². The number of hydrogen-bond acceptors (Lipinski definition) is 6. The van der Waals surface area contributed by atoms with E-state index >= 15 is 0 Å². The molecule has 0 radical (unpaired) electrons. The summed E-state index contributed by atoms with van der Waals surface area (Å²) >= 11 is 1.75. The van der Waals surface area contributed by atoms with Crippen LogP contribution in [-0.2, 0) is 17.7 Å². The Morgan fingerprint density at radius 1 is 1.22 bits per heavy atom. The minimum atomic E-state index is 0. The summed E-state index contributed by atoms with van der Waals surface area (Å²) < 4.78 is 11.0. The zero-order chi connectivity index (χ0) is 21.9. The molecule has 1 fully saturated rings. The Balaban J connectivity index is 0.00000363. The molecule has 32 heavy (non-hydrogen) atoms. The Morgan fingerprint density at radius 2 is 2.03 bits per heavy atom. The molecule has 0 spiro atoms. The molecule has 1 saturated heterocycles. The predicted octanol–water partition coefficient (Wildman–Crippen LogP) is 3.99. The molecule has 2 heterocycles. The van der Waals surface area contributed by atoms with Gasteiger partial charge in [0.1, 0.15) is 12.4 Å². The van der Waals surface area contributed by atoms with Gasteiger partial charge in [-0.05, 0) is 38.3 Å². The number of thiazole rings is 1. The largest absolute Gasteiger partial charge is 0.491 e. The Hall–Kier alpha value is -1.59. The maximum atomic E-state index is 5.89. The quantitative estimate of drug-likeness (QED) is 0.183. The number of benzene rings is 1. The second-order valence-electron chi connectivity index (χ2n) is 7.64. The number of hydrogen-bond donors (Lipinski definition) is 2. The molecule has 1 aromatic heterocycles. The van der Waals surface area contributed by atoms with Crippen molar-refractivity contribution in [3.63, 3.8) is 0 Å². The van der Waals surface area contributed by atoms with Gasteiger partial charge >= 0.3 is 0 Å². The van der Waals surface area contributed by atoms with Gasteiger partial charge in [-0.25, -0.2) is 9.98 Å². The summed E-state index contributed by atoms with van der Waals surface area (Å²) in [4.78, 5) is 12.0. The van der Waals surface area contributed by atoms with E-state index in [-0.39, 0.29) is 24.0 Å². The molecular weight excluding hydrogens is 537 g/mol. The summed E-state index contributed by atoms with van der Waals surface area (Å²) in [6, 6.07) is 6.23. The number of anilines is 1. The smallest absolute Gasteiger partial charge is 0.191 e. The van der Waals surface area contributed by atoms with Crippen molar-refractivity contribution in [2.24, 2.45) is 4.99 Å². The van der Waals surface area contributed by atoms with Crippen LogP contribution in [-0.4, -0.2) is 57.4 Å². The third-order valence-electron chi connectivity index (χ3n) is 5.11. The molecule has 1 aromatic carbocycles. The van der Waals surface area contributed by atoms with Gasteiger partial charge in [0, 0.05) is 50.7 Å². The van der Waals surface area contributed by atoms with Gasteiger partial charge in [0.25, 0.3) is 0 Å². The number of nitrogens with one attached hydrogen (secondary N) is 2. The van der Waals surface area contributed by atoms with Crippen molar-refractivity contribution < 1.29 is 9.47 Å². The van der Waals surface area contributed by atoms with Crippen LogP contribution in [0.15, 0.2) is 28.6 Å². The number of aromatic nitrogens is 1. The lowest BCUT2D eigenvalue weighted by Gasteiger charge is -2.13. The van der Waals surface area contributed by atoms with Crippen molar-refractivity contribution in [3.8, 4) is 5.75 Å². The van der Waals surface area contributed by atoms with Crippen LogP contribution in [0.1, 0.15) is 36.6 Å². The topological polar surface area (TPSA) is 71.0 Å². The minimum Gasteiger partial charge on any atom is -0.491 e. The molecule has 3 rings (SSSR count). The van der Waals surface area contributed by atoms with Crippen molar-refractivity contribution >= 4 is 46.4 Å². The maximum absolute atomic E-state index is 5.89. The minimum absolute atomic E-state index is 0. The number of guanidine groups is 1. The number of ether oxygens (including phenoxy) is 2. The van der Waals surface area contributed by atoms with Crippen molar-refractivity contribution in [1.82, 2.24) is 15.6 Å². The van der Waals surface area contributed by atoms with E-state index in [0.717, 1.165) is 60.7 Å². The van der Waals surface area contributed by atoms with E-state index in [1.165, 1.54) is 18.4 Å². The van der Waals surface area contributed by atoms with Gasteiger partial charge in [-0.1, -0.05) is 12.1 Å². The Kier molecular flexibility index (Phi) is 12.1. The standard InChI is InChI=1S/C23H35N5O2S.HI/c1-4-24-22(25-10-9-20-17-31-23(27-20)28-11-5-6-12-28)26-16-19-8-7-18(2)15-21(19)30-14-13-29-3;/h7-8,15,17H,4-6,9-14,16H2,1-3H3,(H2,24,25,26);1H. The highest BCUT2D eigenvalue weighted by Crippen LogP contribution is 2.24. The molecule has 0 bridgehead atoms. The average Bonchev–Trinajstić information content (AvgIpc) is 3.45. The molecule has 0 atom stereocenters. The SMILES string of the molecule is CCNC(=NCc1ccc(C)cc1OCCOC)NCCc1csc(N2CCCC2)n1.I. The van der Waals surface area contributed by atoms with Crippen molar-refractivity contribution in [2.45, 2.75) is 39.7 Å². The second kappa shape index (κ2) is 14.5. The van der Waals surface area contributed by atoms with E-state index in [1.807, 2.05) is 0 Å². The first kappa shape index (κ1) is 26.7. The molecule has 0 saturated carbocycles. The van der Waals surface area contributed by atoms with Crippen LogP contribution in [0.25, 0.3) is 0 Å². The van der Waals surface area contributed by atoms with E-state index in [0.29, 0.717) is 19.8 Å². The molecule has 2 N–H and O–H groups in total. The van der Waals surface area contributed by atoms with Crippen molar-refractivity contribution in [1.29, 1.82) is 0 Å². The van der Waals surface area contributed by atoms with Crippen LogP contribution in [0.5, 0.6) is 5.75 Å². The monoisotopic (exact) mass is 573 g/mol. The number of nitrogens with zero attached hydrogens (tertiary/aromatic N) is 3. The number of aryl methyl sites for hydroxylation is 1. The van der Waals surface area contributed by atoms with Gasteiger partial charge in [-0.2, -0.15) is 0 Å². The average molecular weight is 574 g/mol. The first-order chi connectivity index (χ1) is 15.2. The lowest BCUT2D eigenvalue weighted by Crippen LogP contribution is -2.38. The molecular formula is C23H36IN5O2S. The molecule has 1 aliphatic heterocycles. The van der Waals surface area contributed by atoms with Crippen LogP contribution < -0.4 is 20.3 Å². The van der Waals surface area contributed by atoms with Crippen LogP contribution in [0, 0.1) is 6.92 Å². The number of rotatable bonds is 11. The maximum Gasteiger partial charge on any atom is 0.191 e. The number of methoxy groups -OCH3 is 1. The molecule has 2 aromatic rings. The molecule has 0 aliphatic carbocycles. The van der Waals surface area contributed by atoms with Gasteiger partial charge < -0.3 is 25.0 Å². The molecule has 178 valence electrons. The zero-order valence-corrected chi connectivity index (χ0v) is 22.5. The van der Waals surface area contributed by atoms with Crippen LogP contribution in [0.4, 0.5) is 5.13 Å². The van der Waals surface area contributed by atoms with Gasteiger partial charge in [0.15, 0.2) is 11.1 Å². The first-order valence-corrected chi connectivity index (χ1v) is 12.0. The van der Waals surface area contributed by atoms with Crippen LogP contribution >= 0.6 is 35.3 Å². The van der Waals surface area contributed by atoms with E-state index in [1.54, 1.807) is 18.4 Å². The van der Waals surface area contributed by atoms with E-state index < -0.39 is 0 Å². The molecule has 7 nitrogen and oxygen atoms in total. The highest BCUT2D eigenvalue weighted by atomic mass is 127. The highest BCUT2D eigenvalue weighted by molar-refractivity contribution is 14.0. The molecule has 0 amide bonds. The zero-order valence-electron chi connectivity index (χ0n) is 19.4. The van der Waals surface area contributed by atoms with Gasteiger partial charge in [-0.3, -0.25) is 0 Å². The van der Waals surface area contributed by atoms with Crippen molar-refractivity contribution in [2.75, 3.05) is 51.4 Å². The van der Waals surface area contributed by atoms with Crippen molar-refractivity contribution in [3.05, 3.63) is 40.4 Å². The highest BCUT2D eigenvalue weighted by Gasteiger charge is 2.15. The summed E-state index contributed by atoms with van der Waals surface area (Å²) in [6.07, 6.45) is 3.43. The number of halogens is 1. The van der Waals surface area contributed by atoms with Crippen LogP contribution in [0.2, 0.25) is 0 Å². The first-order valence-electron chi connectivity index (χ1n) is 11.1. The molecule has 9 heteroatoms. The summed E-state index contributed by atoms with van der Waals surface area (Å²) in [7, 11) is 1.68. The Morgan fingerprint density at radius 3 is 2.78 bits per heavy atom. The van der Waals surface area contributed by atoms with Gasteiger partial charge in [-0.15, -0.1) is 35.3 Å². The predicted molar refractivity (Wildman–Crippen MR) is 144 cm³/mol. The summed E-state index contributed by atoms with van der Waals surface area (Å²) in [5, 5.41) is 10.1. The summed E-state index contributed by atoms with van der Waals surface area (Å²) in [6.45, 7) is 9.66. The fraction of sp³-hybridized carbons (Fsp3) is 0.565. The lowest BCUT2D eigenvalue weighted by molar-refractivity contribution is 0.145. The fourth-order valence-corrected chi connectivity index (χ4v) is 4.36. The summed E-state index contributed by atoms with van der Waals surface area (Å²) in [5.74, 6) is 1.68. The summed E-state index contributed by atoms with van der Waals surface area (Å²) in [5.41, 5.74) is 3.37. The molecule has 1 aliphatic rings.